The first-order valence-electron chi connectivity index (χ1n) is 6.61. The molecule has 3 rings (SSSR count). The Morgan fingerprint density at radius 3 is 2.89 bits per heavy atom. The third-order valence-corrected chi connectivity index (χ3v) is 4.60. The summed E-state index contributed by atoms with van der Waals surface area (Å²) in [6, 6.07) is 0. The molecule has 1 aliphatic carbocycles. The van der Waals surface area contributed by atoms with Crippen LogP contribution in [0.1, 0.15) is 32.1 Å². The molecular formula is C13H18O5. The van der Waals surface area contributed by atoms with E-state index in [-0.39, 0.29) is 18.1 Å². The van der Waals surface area contributed by atoms with E-state index in [0.717, 1.165) is 32.3 Å². The first-order valence-corrected chi connectivity index (χ1v) is 6.61. The molecule has 0 radical (unpaired) electrons. The molecule has 0 aromatic rings. The van der Waals surface area contributed by atoms with Crippen LogP contribution in [0.5, 0.6) is 0 Å². The van der Waals surface area contributed by atoms with Crippen LogP contribution in [0.25, 0.3) is 0 Å². The summed E-state index contributed by atoms with van der Waals surface area (Å²) in [7, 11) is 1.33. The summed E-state index contributed by atoms with van der Waals surface area (Å²) in [6.07, 6.45) is 3.86. The van der Waals surface area contributed by atoms with Gasteiger partial charge in [0.15, 0.2) is 5.41 Å². The molecule has 2 aliphatic heterocycles. The van der Waals surface area contributed by atoms with Crippen LogP contribution in [-0.2, 0) is 23.8 Å². The number of methoxy groups -OCH3 is 1. The maximum atomic E-state index is 12.2. The number of esters is 2. The van der Waals surface area contributed by atoms with Gasteiger partial charge in [-0.1, -0.05) is 6.42 Å². The van der Waals surface area contributed by atoms with Crippen LogP contribution in [0.4, 0.5) is 0 Å². The van der Waals surface area contributed by atoms with Gasteiger partial charge in [0.25, 0.3) is 0 Å². The summed E-state index contributed by atoms with van der Waals surface area (Å²) in [5.41, 5.74) is -1.05. The Bertz CT molecular complexity index is 374. The van der Waals surface area contributed by atoms with Gasteiger partial charge in [-0.05, 0) is 25.7 Å². The molecule has 5 heteroatoms. The van der Waals surface area contributed by atoms with Crippen molar-refractivity contribution in [2.75, 3.05) is 13.7 Å². The van der Waals surface area contributed by atoms with Gasteiger partial charge in [-0.15, -0.1) is 0 Å². The average Bonchev–Trinajstić information content (AvgIpc) is 3.06. The van der Waals surface area contributed by atoms with E-state index in [1.54, 1.807) is 0 Å². The minimum absolute atomic E-state index is 0.0384. The Balaban J connectivity index is 1.90. The van der Waals surface area contributed by atoms with E-state index in [2.05, 4.69) is 0 Å². The maximum Gasteiger partial charge on any atom is 0.324 e. The highest BCUT2D eigenvalue weighted by Crippen LogP contribution is 2.54. The quantitative estimate of drug-likeness (QED) is 0.544. The van der Waals surface area contributed by atoms with Crippen LogP contribution in [0, 0.1) is 11.3 Å². The van der Waals surface area contributed by atoms with Gasteiger partial charge in [0.2, 0.25) is 0 Å². The molecule has 3 aliphatic rings. The van der Waals surface area contributed by atoms with Crippen LogP contribution >= 0.6 is 0 Å². The zero-order valence-corrected chi connectivity index (χ0v) is 10.5. The third-order valence-electron chi connectivity index (χ3n) is 4.60. The van der Waals surface area contributed by atoms with Crippen LogP contribution in [-0.4, -0.2) is 37.9 Å². The standard InChI is InChI=1S/C13H18O5/c1-16-11(14)13-6-2-4-8(13)10(18-12(13)15)9-5-3-7-17-9/h8-10H,2-7H2,1H3. The molecule has 2 saturated heterocycles. The highest BCUT2D eigenvalue weighted by molar-refractivity contribution is 6.02. The Labute approximate surface area is 106 Å². The Morgan fingerprint density at radius 1 is 1.39 bits per heavy atom. The molecule has 5 nitrogen and oxygen atoms in total. The second-order valence-corrected chi connectivity index (χ2v) is 5.38. The molecule has 0 spiro atoms. The number of hydrogen-bond donors (Lipinski definition) is 0. The molecule has 2 heterocycles. The molecule has 18 heavy (non-hydrogen) atoms. The summed E-state index contributed by atoms with van der Waals surface area (Å²) in [5, 5.41) is 0. The monoisotopic (exact) mass is 254 g/mol. The number of carbonyl (C=O) groups excluding carboxylic acids is 2. The lowest BCUT2D eigenvalue weighted by atomic mass is 9.76. The van der Waals surface area contributed by atoms with E-state index in [1.165, 1.54) is 7.11 Å². The van der Waals surface area contributed by atoms with Gasteiger partial charge in [-0.2, -0.15) is 0 Å². The SMILES string of the molecule is COC(=O)C12CCCC1C(C1CCCO1)OC2=O. The van der Waals surface area contributed by atoms with E-state index < -0.39 is 17.4 Å². The summed E-state index contributed by atoms with van der Waals surface area (Å²) >= 11 is 0. The molecule has 0 aromatic heterocycles. The van der Waals surface area contributed by atoms with Crippen molar-refractivity contribution in [1.82, 2.24) is 0 Å². The Morgan fingerprint density at radius 2 is 2.22 bits per heavy atom. The fourth-order valence-corrected chi connectivity index (χ4v) is 3.76. The van der Waals surface area contributed by atoms with E-state index in [1.807, 2.05) is 0 Å². The summed E-state index contributed by atoms with van der Waals surface area (Å²) in [6.45, 7) is 0.719. The highest BCUT2D eigenvalue weighted by Gasteiger charge is 2.66. The van der Waals surface area contributed by atoms with E-state index in [0.29, 0.717) is 6.42 Å². The molecule has 0 amide bonds. The zero-order chi connectivity index (χ0) is 12.8. The zero-order valence-electron chi connectivity index (χ0n) is 10.5. The van der Waals surface area contributed by atoms with Gasteiger partial charge in [0.1, 0.15) is 6.10 Å². The van der Waals surface area contributed by atoms with E-state index in [4.69, 9.17) is 14.2 Å². The van der Waals surface area contributed by atoms with Crippen molar-refractivity contribution in [3.05, 3.63) is 0 Å². The summed E-state index contributed by atoms with van der Waals surface area (Å²) < 4.78 is 15.9. The van der Waals surface area contributed by atoms with E-state index >= 15 is 0 Å². The smallest absolute Gasteiger partial charge is 0.324 e. The molecule has 1 saturated carbocycles. The van der Waals surface area contributed by atoms with Crippen LogP contribution in [0.3, 0.4) is 0 Å². The highest BCUT2D eigenvalue weighted by atomic mass is 16.6. The second-order valence-electron chi connectivity index (χ2n) is 5.38. The molecule has 100 valence electrons. The number of cyclic esters (lactones) is 1. The largest absolute Gasteiger partial charge is 0.468 e. The summed E-state index contributed by atoms with van der Waals surface area (Å²) in [4.78, 5) is 24.2. The predicted octanol–water partition coefficient (Wildman–Crippen LogP) is 1.05. The van der Waals surface area contributed by atoms with Gasteiger partial charge < -0.3 is 14.2 Å². The molecule has 0 bridgehead atoms. The first-order chi connectivity index (χ1) is 8.70. The number of fused-ring (bicyclic) bond motifs is 1. The van der Waals surface area contributed by atoms with Gasteiger partial charge in [-0.25, -0.2) is 0 Å². The summed E-state index contributed by atoms with van der Waals surface area (Å²) in [5.74, 6) is -0.909. The second kappa shape index (κ2) is 4.23. The normalized spacial score (nSPS) is 42.7. The lowest BCUT2D eigenvalue weighted by Crippen LogP contribution is -2.41. The number of ether oxygens (including phenoxy) is 3. The van der Waals surface area contributed by atoms with Gasteiger partial charge in [-0.3, -0.25) is 9.59 Å². The molecule has 3 fully saturated rings. The van der Waals surface area contributed by atoms with E-state index in [9.17, 15) is 9.59 Å². The van der Waals surface area contributed by atoms with Crippen molar-refractivity contribution in [1.29, 1.82) is 0 Å². The molecular weight excluding hydrogens is 236 g/mol. The number of carbonyl (C=O) groups is 2. The average molecular weight is 254 g/mol. The minimum atomic E-state index is -1.05. The van der Waals surface area contributed by atoms with Crippen molar-refractivity contribution < 1.29 is 23.8 Å². The fourth-order valence-electron chi connectivity index (χ4n) is 3.76. The number of hydrogen-bond acceptors (Lipinski definition) is 5. The Kier molecular flexibility index (Phi) is 2.81. The molecule has 0 N–H and O–H groups in total. The molecule has 4 unspecified atom stereocenters. The van der Waals surface area contributed by atoms with Crippen LogP contribution in [0.2, 0.25) is 0 Å². The predicted molar refractivity (Wildman–Crippen MR) is 60.6 cm³/mol. The lowest BCUT2D eigenvalue weighted by molar-refractivity contribution is -0.164. The Hall–Kier alpha value is -1.10. The lowest BCUT2D eigenvalue weighted by Gasteiger charge is -2.25. The van der Waals surface area contributed by atoms with Crippen molar-refractivity contribution in [3.8, 4) is 0 Å². The third kappa shape index (κ3) is 1.43. The molecule has 0 aromatic carbocycles. The molecule has 4 atom stereocenters. The van der Waals surface area contributed by atoms with Gasteiger partial charge in [0.05, 0.1) is 13.2 Å². The van der Waals surface area contributed by atoms with Crippen LogP contribution in [0.15, 0.2) is 0 Å². The van der Waals surface area contributed by atoms with Crippen LogP contribution < -0.4 is 0 Å². The maximum absolute atomic E-state index is 12.2. The first kappa shape index (κ1) is 12.0. The van der Waals surface area contributed by atoms with Crippen molar-refractivity contribution >= 4 is 11.9 Å². The van der Waals surface area contributed by atoms with Gasteiger partial charge >= 0.3 is 11.9 Å². The van der Waals surface area contributed by atoms with Gasteiger partial charge in [0, 0.05) is 12.5 Å². The van der Waals surface area contributed by atoms with Crippen molar-refractivity contribution in [3.63, 3.8) is 0 Å². The fraction of sp³-hybridized carbons (Fsp3) is 0.846. The van der Waals surface area contributed by atoms with Crippen molar-refractivity contribution in [2.45, 2.75) is 44.3 Å². The minimum Gasteiger partial charge on any atom is -0.468 e. The van der Waals surface area contributed by atoms with Crippen molar-refractivity contribution in [2.24, 2.45) is 11.3 Å². The number of rotatable bonds is 2. The topological polar surface area (TPSA) is 61.8 Å².